The number of pyridine rings is 1. The first kappa shape index (κ1) is 25.4. The second-order valence-electron chi connectivity index (χ2n) is 8.75. The van der Waals surface area contributed by atoms with Crippen molar-refractivity contribution in [1.29, 1.82) is 0 Å². The van der Waals surface area contributed by atoms with Crippen LogP contribution in [0.5, 0.6) is 5.75 Å². The summed E-state index contributed by atoms with van der Waals surface area (Å²) in [6.07, 6.45) is -1.31. The number of piperazine rings is 1. The predicted octanol–water partition coefficient (Wildman–Crippen LogP) is 3.69. The molecule has 0 aliphatic carbocycles. The number of halogens is 3. The average molecular weight is 528 g/mol. The molecule has 4 aromatic rings. The van der Waals surface area contributed by atoms with Gasteiger partial charge in [0.15, 0.2) is 11.5 Å². The summed E-state index contributed by atoms with van der Waals surface area (Å²) in [5.74, 6) is 0.628. The van der Waals surface area contributed by atoms with Gasteiger partial charge in [-0.3, -0.25) is 4.79 Å². The first-order valence-corrected chi connectivity index (χ1v) is 11.8. The standard InChI is InChI=1S/C25H24F3N7O3/c1-14(29)21-20(23(36)34-10-12-35(13-11-34)24-30-8-3-9-31-24)33-22(38-21)16-4-6-17(37-2)19-15(16)5-7-18(32-19)25(26,27)28/h3-9,14H,10-13,29H2,1-2H3. The molecule has 1 atom stereocenters. The molecule has 38 heavy (non-hydrogen) atoms. The summed E-state index contributed by atoms with van der Waals surface area (Å²) in [5, 5.41) is 0.324. The number of aromatic nitrogens is 4. The highest BCUT2D eigenvalue weighted by Crippen LogP contribution is 2.37. The van der Waals surface area contributed by atoms with E-state index in [1.54, 1.807) is 36.4 Å². The first-order valence-electron chi connectivity index (χ1n) is 11.8. The molecule has 1 amide bonds. The van der Waals surface area contributed by atoms with Crippen molar-refractivity contribution >= 4 is 22.8 Å². The van der Waals surface area contributed by atoms with E-state index >= 15 is 0 Å². The van der Waals surface area contributed by atoms with E-state index in [0.29, 0.717) is 43.1 Å². The summed E-state index contributed by atoms with van der Waals surface area (Å²) in [6.45, 7) is 3.55. The molecule has 10 nitrogen and oxygen atoms in total. The van der Waals surface area contributed by atoms with E-state index in [1.165, 1.54) is 19.2 Å². The van der Waals surface area contributed by atoms with Crippen LogP contribution in [0.4, 0.5) is 19.1 Å². The van der Waals surface area contributed by atoms with Gasteiger partial charge in [0.2, 0.25) is 11.8 Å². The van der Waals surface area contributed by atoms with Gasteiger partial charge in [-0.15, -0.1) is 0 Å². The van der Waals surface area contributed by atoms with Gasteiger partial charge in [-0.2, -0.15) is 13.2 Å². The fourth-order valence-electron chi connectivity index (χ4n) is 4.32. The Bertz CT molecular complexity index is 1470. The molecule has 0 saturated carbocycles. The van der Waals surface area contributed by atoms with Crippen molar-refractivity contribution in [3.05, 3.63) is 59.9 Å². The van der Waals surface area contributed by atoms with Crippen molar-refractivity contribution in [2.24, 2.45) is 5.73 Å². The summed E-state index contributed by atoms with van der Waals surface area (Å²) in [4.78, 5) is 33.8. The van der Waals surface area contributed by atoms with Gasteiger partial charge in [0.05, 0.1) is 13.2 Å². The Morgan fingerprint density at radius 1 is 1.08 bits per heavy atom. The maximum Gasteiger partial charge on any atom is 0.433 e. The van der Waals surface area contributed by atoms with E-state index in [0.717, 1.165) is 6.07 Å². The molecule has 0 spiro atoms. The van der Waals surface area contributed by atoms with Crippen LogP contribution in [0.3, 0.4) is 0 Å². The van der Waals surface area contributed by atoms with Crippen LogP contribution < -0.4 is 15.4 Å². The molecule has 1 unspecified atom stereocenters. The topological polar surface area (TPSA) is 124 Å². The minimum atomic E-state index is -4.63. The number of benzene rings is 1. The van der Waals surface area contributed by atoms with Crippen LogP contribution in [0.1, 0.15) is 34.9 Å². The van der Waals surface area contributed by atoms with Crippen LogP contribution >= 0.6 is 0 Å². The summed E-state index contributed by atoms with van der Waals surface area (Å²) in [7, 11) is 1.34. The maximum absolute atomic E-state index is 13.5. The molecule has 1 saturated heterocycles. The minimum Gasteiger partial charge on any atom is -0.494 e. The van der Waals surface area contributed by atoms with Crippen molar-refractivity contribution in [2.45, 2.75) is 19.1 Å². The fraction of sp³-hybridized carbons (Fsp3) is 0.320. The lowest BCUT2D eigenvalue weighted by atomic mass is 10.1. The Morgan fingerprint density at radius 3 is 2.42 bits per heavy atom. The quantitative estimate of drug-likeness (QED) is 0.414. The van der Waals surface area contributed by atoms with Gasteiger partial charge < -0.3 is 24.7 Å². The Kier molecular flexibility index (Phi) is 6.61. The predicted molar refractivity (Wildman–Crippen MR) is 132 cm³/mol. The number of anilines is 1. The SMILES string of the molecule is COc1ccc(-c2nc(C(=O)N3CCN(c4ncccn4)CC3)c(C(C)N)o2)c2ccc(C(F)(F)F)nc12. The molecule has 0 radical (unpaired) electrons. The van der Waals surface area contributed by atoms with Crippen LogP contribution in [0.2, 0.25) is 0 Å². The zero-order chi connectivity index (χ0) is 27.0. The number of ether oxygens (including phenoxy) is 1. The molecule has 0 bridgehead atoms. The molecule has 4 heterocycles. The number of fused-ring (bicyclic) bond motifs is 1. The number of amides is 1. The lowest BCUT2D eigenvalue weighted by molar-refractivity contribution is -0.140. The van der Waals surface area contributed by atoms with Gasteiger partial charge in [0.25, 0.3) is 5.91 Å². The van der Waals surface area contributed by atoms with Crippen LogP contribution in [-0.2, 0) is 6.18 Å². The zero-order valence-corrected chi connectivity index (χ0v) is 20.6. The lowest BCUT2D eigenvalue weighted by Gasteiger charge is -2.34. The Hall–Kier alpha value is -4.26. The molecule has 198 valence electrons. The van der Waals surface area contributed by atoms with Crippen molar-refractivity contribution in [3.63, 3.8) is 0 Å². The summed E-state index contributed by atoms with van der Waals surface area (Å²) < 4.78 is 51.1. The molecule has 3 aromatic heterocycles. The normalized spacial score (nSPS) is 15.1. The van der Waals surface area contributed by atoms with Gasteiger partial charge in [-0.25, -0.2) is 19.9 Å². The minimum absolute atomic E-state index is 0.00694. The van der Waals surface area contributed by atoms with E-state index in [-0.39, 0.29) is 34.5 Å². The van der Waals surface area contributed by atoms with Crippen LogP contribution in [-0.4, -0.2) is 64.0 Å². The monoisotopic (exact) mass is 527 g/mol. The molecule has 1 aromatic carbocycles. The summed E-state index contributed by atoms with van der Waals surface area (Å²) in [6, 6.07) is 6.31. The van der Waals surface area contributed by atoms with Crippen molar-refractivity contribution < 1.29 is 27.1 Å². The largest absolute Gasteiger partial charge is 0.494 e. The number of oxazole rings is 1. The number of carbonyl (C=O) groups is 1. The van der Waals surface area contributed by atoms with Crippen LogP contribution in [0.25, 0.3) is 22.4 Å². The van der Waals surface area contributed by atoms with Crippen molar-refractivity contribution in [3.8, 4) is 17.2 Å². The maximum atomic E-state index is 13.5. The number of carbonyl (C=O) groups excluding carboxylic acids is 1. The molecule has 13 heteroatoms. The van der Waals surface area contributed by atoms with Gasteiger partial charge in [0.1, 0.15) is 17.0 Å². The zero-order valence-electron chi connectivity index (χ0n) is 20.6. The number of nitrogens with two attached hydrogens (primary N) is 1. The fourth-order valence-corrected chi connectivity index (χ4v) is 4.32. The highest BCUT2D eigenvalue weighted by Gasteiger charge is 2.34. The smallest absolute Gasteiger partial charge is 0.433 e. The van der Waals surface area contributed by atoms with E-state index in [9.17, 15) is 18.0 Å². The Labute approximate surface area is 215 Å². The summed E-state index contributed by atoms with van der Waals surface area (Å²) in [5.41, 5.74) is 5.46. The third kappa shape index (κ3) is 4.72. The number of hydrogen-bond acceptors (Lipinski definition) is 9. The van der Waals surface area contributed by atoms with E-state index in [4.69, 9.17) is 14.9 Å². The number of nitrogens with zero attached hydrogens (tertiary/aromatic N) is 6. The molecule has 1 fully saturated rings. The lowest BCUT2D eigenvalue weighted by Crippen LogP contribution is -2.49. The van der Waals surface area contributed by atoms with Crippen molar-refractivity contribution in [2.75, 3.05) is 38.2 Å². The third-order valence-corrected chi connectivity index (χ3v) is 6.23. The van der Waals surface area contributed by atoms with E-state index in [1.807, 2.05) is 4.90 Å². The van der Waals surface area contributed by atoms with E-state index < -0.39 is 17.9 Å². The van der Waals surface area contributed by atoms with Gasteiger partial charge in [-0.1, -0.05) is 0 Å². The second-order valence-corrected chi connectivity index (χ2v) is 8.75. The van der Waals surface area contributed by atoms with Crippen LogP contribution in [0, 0.1) is 0 Å². The first-order chi connectivity index (χ1) is 18.2. The molecule has 1 aliphatic heterocycles. The molecular weight excluding hydrogens is 503 g/mol. The number of alkyl halides is 3. The summed E-state index contributed by atoms with van der Waals surface area (Å²) >= 11 is 0. The Morgan fingerprint density at radius 2 is 1.79 bits per heavy atom. The van der Waals surface area contributed by atoms with Gasteiger partial charge >= 0.3 is 6.18 Å². The van der Waals surface area contributed by atoms with Crippen LogP contribution in [0.15, 0.2) is 47.1 Å². The average Bonchev–Trinajstić information content (AvgIpc) is 3.37. The van der Waals surface area contributed by atoms with Gasteiger partial charge in [0, 0.05) is 49.5 Å². The molecular formula is C25H24F3N7O3. The third-order valence-electron chi connectivity index (χ3n) is 6.23. The van der Waals surface area contributed by atoms with Crippen molar-refractivity contribution in [1.82, 2.24) is 24.8 Å². The van der Waals surface area contributed by atoms with E-state index in [2.05, 4.69) is 19.9 Å². The highest BCUT2D eigenvalue weighted by atomic mass is 19.4. The molecule has 5 rings (SSSR count). The number of hydrogen-bond donors (Lipinski definition) is 1. The highest BCUT2D eigenvalue weighted by molar-refractivity contribution is 5.98. The Balaban J connectivity index is 1.48. The molecule has 1 aliphatic rings. The number of rotatable bonds is 5. The second kappa shape index (κ2) is 9.89. The van der Waals surface area contributed by atoms with Gasteiger partial charge in [-0.05, 0) is 37.3 Å². The number of methoxy groups -OCH3 is 1. The molecule has 2 N–H and O–H groups in total.